The third-order valence-electron chi connectivity index (χ3n) is 12.2. The monoisotopic (exact) mass is 890 g/mol. The molecule has 2 aromatic heterocycles. The first-order valence-corrected chi connectivity index (χ1v) is 24.4. The second-order valence-corrected chi connectivity index (χ2v) is 22.5. The van der Waals surface area contributed by atoms with Crippen LogP contribution in [0.25, 0.3) is 32.6 Å². The van der Waals surface area contributed by atoms with Crippen LogP contribution in [0.3, 0.4) is 0 Å². The standard InChI is InChI=1S/C20H33NOSi.C14H19NO.2C9H5N3O/c1-14(17(4)22-23(9,10)20(5,6)7)13-18-11-12-19(21-8)16(3)15(18)2;1-9(12(4)16)8-13-6-7-14(15-5)11(3)10(13)2;2*10-5-7-1-3-8(4-2-7)9-12-11-6-13-9/h11-12,14,17H,13H2,1-7,9-10H3;6-7,9,12,16H,8H2,1-4H3;2*1-4,6H/t14-,17+;9-,12+;;/m11../s1. The van der Waals surface area contributed by atoms with Gasteiger partial charge in [-0.3, -0.25) is 0 Å². The normalized spacial score (nSPS) is 12.6. The number of rotatable bonds is 10. The highest BCUT2D eigenvalue weighted by molar-refractivity contribution is 6.74. The number of nitrogens with zero attached hydrogens (tertiary/aromatic N) is 8. The van der Waals surface area contributed by atoms with Crippen molar-refractivity contribution in [2.24, 2.45) is 11.8 Å². The smallest absolute Gasteiger partial charge is 0.247 e. The summed E-state index contributed by atoms with van der Waals surface area (Å²) in [7, 11) is -1.73. The molecule has 1 N–H and O–H groups in total. The summed E-state index contributed by atoms with van der Waals surface area (Å²) in [6.45, 7) is 42.3. The second kappa shape index (κ2) is 24.4. The lowest BCUT2D eigenvalue weighted by atomic mass is 9.92. The molecule has 0 saturated heterocycles. The molecule has 0 spiro atoms. The summed E-state index contributed by atoms with van der Waals surface area (Å²) in [5.74, 6) is 1.63. The minimum atomic E-state index is -1.73. The van der Waals surface area contributed by atoms with Gasteiger partial charge in [0.2, 0.25) is 24.6 Å². The maximum atomic E-state index is 9.49. The van der Waals surface area contributed by atoms with Crippen molar-refractivity contribution in [2.45, 2.75) is 119 Å². The van der Waals surface area contributed by atoms with E-state index in [1.54, 1.807) is 48.5 Å². The maximum absolute atomic E-state index is 9.49. The van der Waals surface area contributed by atoms with Crippen LogP contribution >= 0.6 is 0 Å². The van der Waals surface area contributed by atoms with Crippen LogP contribution in [0, 0.1) is 75.3 Å². The van der Waals surface area contributed by atoms with E-state index in [9.17, 15) is 5.11 Å². The molecule has 0 saturated carbocycles. The predicted octanol–water partition coefficient (Wildman–Crippen LogP) is 13.1. The van der Waals surface area contributed by atoms with Gasteiger partial charge in [0.15, 0.2) is 19.7 Å². The Labute approximate surface area is 386 Å². The van der Waals surface area contributed by atoms with Gasteiger partial charge >= 0.3 is 0 Å². The van der Waals surface area contributed by atoms with E-state index >= 15 is 0 Å². The van der Waals surface area contributed by atoms with Crippen molar-refractivity contribution < 1.29 is 18.4 Å². The summed E-state index contributed by atoms with van der Waals surface area (Å²) >= 11 is 0. The molecule has 0 amide bonds. The molecule has 0 radical (unpaired) electrons. The van der Waals surface area contributed by atoms with Crippen molar-refractivity contribution in [1.82, 2.24) is 20.4 Å². The Bertz CT molecular complexity index is 2500. The average molecular weight is 891 g/mol. The van der Waals surface area contributed by atoms with E-state index in [2.05, 4.69) is 90.8 Å². The largest absolute Gasteiger partial charge is 0.423 e. The maximum Gasteiger partial charge on any atom is 0.247 e. The molecule has 338 valence electrons. The van der Waals surface area contributed by atoms with Crippen LogP contribution in [0.15, 0.2) is 94.4 Å². The Balaban J connectivity index is 0.000000237. The molecule has 0 aliphatic rings. The first-order chi connectivity index (χ1) is 30.7. The fourth-order valence-corrected chi connectivity index (χ4v) is 7.69. The third-order valence-corrected chi connectivity index (χ3v) is 16.8. The summed E-state index contributed by atoms with van der Waals surface area (Å²) in [5.41, 5.74) is 11.5. The third kappa shape index (κ3) is 15.2. The van der Waals surface area contributed by atoms with Gasteiger partial charge in [0.1, 0.15) is 0 Å². The quantitative estimate of drug-likeness (QED) is 0.103. The summed E-state index contributed by atoms with van der Waals surface area (Å²) in [4.78, 5) is 7.08. The van der Waals surface area contributed by atoms with E-state index in [1.807, 2.05) is 65.0 Å². The lowest BCUT2D eigenvalue weighted by molar-refractivity contribution is 0.135. The zero-order valence-corrected chi connectivity index (χ0v) is 41.1. The Morgan fingerprint density at radius 1 is 0.646 bits per heavy atom. The van der Waals surface area contributed by atoms with Gasteiger partial charge in [-0.05, 0) is 155 Å². The minimum Gasteiger partial charge on any atom is -0.423 e. The van der Waals surface area contributed by atoms with Crippen molar-refractivity contribution in [3.63, 3.8) is 0 Å². The number of aliphatic hydroxyl groups excluding tert-OH is 1. The SMILES string of the molecule is N#Cc1ccc(-c2nnco2)cc1.N#Cc1ccc(-c2nnco2)cc1.[C-]#[N+]c1ccc(C[C@@H](C)[C@H](C)O)c(C)c1C.[C-]#[N+]c1ccc(C[C@@H](C)[C@H](C)O[Si](C)(C)C(C)(C)C)c(C)c1C. The summed E-state index contributed by atoms with van der Waals surface area (Å²) in [6.07, 6.45) is 4.36. The molecule has 4 atom stereocenters. The Hall–Kier alpha value is -6.74. The number of benzene rings is 4. The van der Waals surface area contributed by atoms with E-state index in [0.29, 0.717) is 28.8 Å². The lowest BCUT2D eigenvalue weighted by Gasteiger charge is -2.40. The zero-order chi connectivity index (χ0) is 48.5. The van der Waals surface area contributed by atoms with E-state index in [-0.39, 0.29) is 23.2 Å². The van der Waals surface area contributed by atoms with Crippen molar-refractivity contribution in [2.75, 3.05) is 0 Å². The van der Waals surface area contributed by atoms with Gasteiger partial charge < -0.3 is 18.4 Å². The first kappa shape index (κ1) is 52.6. The zero-order valence-electron chi connectivity index (χ0n) is 40.1. The molecule has 0 aliphatic carbocycles. The van der Waals surface area contributed by atoms with Crippen LogP contribution in [-0.4, -0.2) is 46.0 Å². The molecule has 65 heavy (non-hydrogen) atoms. The lowest BCUT2D eigenvalue weighted by Crippen LogP contribution is -2.44. The topological polar surface area (TPSA) is 164 Å². The summed E-state index contributed by atoms with van der Waals surface area (Å²) in [6, 6.07) is 25.9. The molecule has 12 nitrogen and oxygen atoms in total. The fourth-order valence-electron chi connectivity index (χ4n) is 6.17. The van der Waals surface area contributed by atoms with Crippen LogP contribution in [0.1, 0.15) is 93.0 Å². The van der Waals surface area contributed by atoms with Gasteiger partial charge in [-0.25, -0.2) is 9.69 Å². The van der Waals surface area contributed by atoms with E-state index in [1.165, 1.54) is 35.0 Å². The molecule has 4 aromatic carbocycles. The Morgan fingerprint density at radius 2 is 1.03 bits per heavy atom. The van der Waals surface area contributed by atoms with Crippen LogP contribution in [0.5, 0.6) is 0 Å². The highest BCUT2D eigenvalue weighted by Gasteiger charge is 2.39. The molecule has 0 fully saturated rings. The van der Waals surface area contributed by atoms with Gasteiger partial charge in [-0.1, -0.05) is 70.0 Å². The van der Waals surface area contributed by atoms with Crippen molar-refractivity contribution in [3.8, 4) is 35.0 Å². The Kier molecular flexibility index (Phi) is 19.7. The molecule has 0 aliphatic heterocycles. The molecule has 6 rings (SSSR count). The minimum absolute atomic E-state index is 0.241. The number of hydrogen-bond donors (Lipinski definition) is 1. The van der Waals surface area contributed by atoms with Crippen molar-refractivity contribution >= 4 is 19.7 Å². The number of hydrogen-bond acceptors (Lipinski definition) is 10. The highest BCUT2D eigenvalue weighted by Crippen LogP contribution is 2.38. The first-order valence-electron chi connectivity index (χ1n) is 21.5. The van der Waals surface area contributed by atoms with Crippen LogP contribution in [0.4, 0.5) is 11.4 Å². The van der Waals surface area contributed by atoms with Crippen molar-refractivity contribution in [1.29, 1.82) is 10.5 Å². The molecule has 6 aromatic rings. The van der Waals surface area contributed by atoms with Gasteiger partial charge in [0.25, 0.3) is 0 Å². The molecule has 2 heterocycles. The second-order valence-electron chi connectivity index (χ2n) is 17.8. The van der Waals surface area contributed by atoms with Gasteiger partial charge in [-0.15, -0.1) is 20.4 Å². The Morgan fingerprint density at radius 3 is 1.34 bits per heavy atom. The summed E-state index contributed by atoms with van der Waals surface area (Å²) < 4.78 is 16.5. The number of aliphatic hydroxyl groups is 1. The van der Waals surface area contributed by atoms with Gasteiger partial charge in [0.05, 0.1) is 42.5 Å². The van der Waals surface area contributed by atoms with E-state index in [0.717, 1.165) is 46.5 Å². The number of aromatic nitrogens is 4. The molecule has 0 bridgehead atoms. The fraction of sp³-hybridized carbons (Fsp3) is 0.385. The summed E-state index contributed by atoms with van der Waals surface area (Å²) in [5, 5.41) is 41.5. The van der Waals surface area contributed by atoms with E-state index < -0.39 is 8.32 Å². The van der Waals surface area contributed by atoms with Gasteiger partial charge in [0, 0.05) is 17.2 Å². The predicted molar refractivity (Wildman–Crippen MR) is 258 cm³/mol. The van der Waals surface area contributed by atoms with Crippen LogP contribution < -0.4 is 0 Å². The number of nitriles is 2. The highest BCUT2D eigenvalue weighted by atomic mass is 28.4. The molecule has 0 unspecified atom stereocenters. The molecule has 13 heteroatoms. The van der Waals surface area contributed by atoms with Gasteiger partial charge in [-0.2, -0.15) is 10.5 Å². The van der Waals surface area contributed by atoms with Crippen molar-refractivity contribution in [3.05, 3.63) is 153 Å². The average Bonchev–Trinajstić information content (AvgIpc) is 4.04. The molecular weight excluding hydrogens is 829 g/mol. The molecular formula is C52H62N8O4Si. The van der Waals surface area contributed by atoms with Crippen LogP contribution in [0.2, 0.25) is 18.1 Å². The van der Waals surface area contributed by atoms with E-state index in [4.69, 9.17) is 36.9 Å². The van der Waals surface area contributed by atoms with Crippen LogP contribution in [-0.2, 0) is 17.3 Å².